The molecule has 5 nitrogen and oxygen atoms in total. The summed E-state index contributed by atoms with van der Waals surface area (Å²) in [5.41, 5.74) is 3.38. The normalized spacial score (nSPS) is 12.0. The van der Waals surface area contributed by atoms with Crippen LogP contribution in [0.15, 0.2) is 83.7 Å². The molecule has 0 aliphatic heterocycles. The summed E-state index contributed by atoms with van der Waals surface area (Å²) in [6, 6.07) is 24.9. The Morgan fingerprint density at radius 2 is 1.71 bits per heavy atom. The van der Waals surface area contributed by atoms with Crippen LogP contribution in [0.1, 0.15) is 62.5 Å². The van der Waals surface area contributed by atoms with Crippen LogP contribution in [0.3, 0.4) is 0 Å². The smallest absolute Gasteiger partial charge is 0.266 e. The standard InChI is InChI=1S/C30H33N3O2/c1-4-5-7-19-28(34)32(21-24-14-8-6-9-15-24)23(3)29-31-27-18-11-10-17-26(27)30(35)33(29)25-16-12-13-22(2)20-25/h6,8-18,20,23H,4-5,7,19,21H2,1-3H3. The zero-order valence-corrected chi connectivity index (χ0v) is 20.8. The van der Waals surface area contributed by atoms with Gasteiger partial charge in [-0.05, 0) is 55.7 Å². The van der Waals surface area contributed by atoms with Gasteiger partial charge < -0.3 is 4.90 Å². The van der Waals surface area contributed by atoms with Crippen molar-refractivity contribution in [3.05, 3.63) is 106 Å². The number of unbranched alkanes of at least 4 members (excludes halogenated alkanes) is 2. The van der Waals surface area contributed by atoms with Gasteiger partial charge in [0.15, 0.2) is 0 Å². The van der Waals surface area contributed by atoms with Gasteiger partial charge >= 0.3 is 0 Å². The molecule has 0 aliphatic carbocycles. The van der Waals surface area contributed by atoms with E-state index in [-0.39, 0.29) is 11.5 Å². The van der Waals surface area contributed by atoms with Crippen LogP contribution in [0.5, 0.6) is 0 Å². The van der Waals surface area contributed by atoms with E-state index >= 15 is 0 Å². The molecule has 180 valence electrons. The number of amides is 1. The molecule has 3 aromatic carbocycles. The van der Waals surface area contributed by atoms with Gasteiger partial charge in [-0.15, -0.1) is 0 Å². The maximum absolute atomic E-state index is 13.7. The molecule has 1 unspecified atom stereocenters. The fourth-order valence-electron chi connectivity index (χ4n) is 4.48. The maximum atomic E-state index is 13.7. The molecule has 0 fully saturated rings. The highest BCUT2D eigenvalue weighted by Crippen LogP contribution is 2.26. The third kappa shape index (κ3) is 5.51. The second kappa shape index (κ2) is 11.1. The van der Waals surface area contributed by atoms with Crippen molar-refractivity contribution in [1.29, 1.82) is 0 Å². The van der Waals surface area contributed by atoms with Crippen LogP contribution in [-0.4, -0.2) is 20.4 Å². The number of rotatable bonds is 9. The average molecular weight is 468 g/mol. The Bertz CT molecular complexity index is 1360. The average Bonchev–Trinajstić information content (AvgIpc) is 2.87. The summed E-state index contributed by atoms with van der Waals surface area (Å²) in [6.07, 6.45) is 3.40. The first kappa shape index (κ1) is 24.4. The third-order valence-corrected chi connectivity index (χ3v) is 6.41. The van der Waals surface area contributed by atoms with Crippen molar-refractivity contribution in [1.82, 2.24) is 14.5 Å². The fourth-order valence-corrected chi connectivity index (χ4v) is 4.48. The summed E-state index contributed by atoms with van der Waals surface area (Å²) in [7, 11) is 0. The van der Waals surface area contributed by atoms with Gasteiger partial charge in [0, 0.05) is 13.0 Å². The molecule has 1 heterocycles. The summed E-state index contributed by atoms with van der Waals surface area (Å²) in [4.78, 5) is 34.1. The van der Waals surface area contributed by atoms with Gasteiger partial charge in [0.05, 0.1) is 22.6 Å². The first-order valence-corrected chi connectivity index (χ1v) is 12.4. The van der Waals surface area contributed by atoms with E-state index in [1.54, 1.807) is 4.57 Å². The first-order chi connectivity index (χ1) is 17.0. The minimum Gasteiger partial charge on any atom is -0.328 e. The van der Waals surface area contributed by atoms with Crippen LogP contribution in [0.2, 0.25) is 0 Å². The van der Waals surface area contributed by atoms with Crippen molar-refractivity contribution in [3.63, 3.8) is 0 Å². The molecular weight excluding hydrogens is 434 g/mol. The van der Waals surface area contributed by atoms with Gasteiger partial charge in [0.2, 0.25) is 5.91 Å². The molecule has 35 heavy (non-hydrogen) atoms. The van der Waals surface area contributed by atoms with E-state index in [0.29, 0.717) is 29.7 Å². The molecule has 0 saturated heterocycles. The van der Waals surface area contributed by atoms with E-state index in [2.05, 4.69) is 6.92 Å². The van der Waals surface area contributed by atoms with Crippen LogP contribution < -0.4 is 5.56 Å². The SMILES string of the molecule is CCCCCC(=O)N(Cc1ccccc1)C(C)c1nc2ccccc2c(=O)n1-c1cccc(C)c1. The first-order valence-electron chi connectivity index (χ1n) is 12.4. The van der Waals surface area contributed by atoms with Gasteiger partial charge in [-0.25, -0.2) is 4.98 Å². The second-order valence-electron chi connectivity index (χ2n) is 9.11. The third-order valence-electron chi connectivity index (χ3n) is 6.41. The minimum absolute atomic E-state index is 0.0769. The molecule has 1 amide bonds. The Morgan fingerprint density at radius 1 is 0.971 bits per heavy atom. The zero-order chi connectivity index (χ0) is 24.8. The van der Waals surface area contributed by atoms with Gasteiger partial charge in [-0.3, -0.25) is 14.2 Å². The number of aryl methyl sites for hydroxylation is 1. The Balaban J connectivity index is 1.85. The lowest BCUT2D eigenvalue weighted by molar-refractivity contribution is -0.134. The number of hydrogen-bond acceptors (Lipinski definition) is 3. The lowest BCUT2D eigenvalue weighted by atomic mass is 10.1. The van der Waals surface area contributed by atoms with Crippen molar-refractivity contribution in [2.75, 3.05) is 0 Å². The predicted molar refractivity (Wildman–Crippen MR) is 142 cm³/mol. The molecule has 5 heteroatoms. The van der Waals surface area contributed by atoms with E-state index in [9.17, 15) is 9.59 Å². The van der Waals surface area contributed by atoms with Gasteiger partial charge in [0.25, 0.3) is 5.56 Å². The van der Waals surface area contributed by atoms with Crippen LogP contribution in [0, 0.1) is 6.92 Å². The van der Waals surface area contributed by atoms with E-state index in [1.807, 2.05) is 97.6 Å². The number of fused-ring (bicyclic) bond motifs is 1. The van der Waals surface area contributed by atoms with Crippen LogP contribution >= 0.6 is 0 Å². The number of nitrogens with zero attached hydrogens (tertiary/aromatic N) is 3. The molecule has 0 aliphatic rings. The topological polar surface area (TPSA) is 55.2 Å². The summed E-state index contributed by atoms with van der Waals surface area (Å²) >= 11 is 0. The molecule has 4 rings (SSSR count). The Hall–Kier alpha value is -3.73. The van der Waals surface area contributed by atoms with Gasteiger partial charge in [0.1, 0.15) is 5.82 Å². The van der Waals surface area contributed by atoms with E-state index < -0.39 is 6.04 Å². The summed E-state index contributed by atoms with van der Waals surface area (Å²) in [6.45, 7) is 6.58. The molecule has 0 spiro atoms. The molecule has 0 bridgehead atoms. The number of para-hydroxylation sites is 1. The molecule has 1 aromatic heterocycles. The Kier molecular flexibility index (Phi) is 7.76. The van der Waals surface area contributed by atoms with Crippen molar-refractivity contribution in [3.8, 4) is 5.69 Å². The fraction of sp³-hybridized carbons (Fsp3) is 0.300. The number of benzene rings is 3. The number of hydrogen-bond donors (Lipinski definition) is 0. The molecular formula is C30H33N3O2. The second-order valence-corrected chi connectivity index (χ2v) is 9.11. The predicted octanol–water partition coefficient (Wildman–Crippen LogP) is 6.36. The van der Waals surface area contributed by atoms with Gasteiger partial charge in [-0.1, -0.05) is 74.4 Å². The van der Waals surface area contributed by atoms with Crippen LogP contribution in [0.25, 0.3) is 16.6 Å². The number of carbonyl (C=O) groups excluding carboxylic acids is 1. The molecule has 4 aromatic rings. The lowest BCUT2D eigenvalue weighted by Crippen LogP contribution is -2.37. The largest absolute Gasteiger partial charge is 0.328 e. The van der Waals surface area contributed by atoms with Crippen molar-refractivity contribution >= 4 is 16.8 Å². The zero-order valence-electron chi connectivity index (χ0n) is 20.8. The molecule has 1 atom stereocenters. The summed E-state index contributed by atoms with van der Waals surface area (Å²) < 4.78 is 1.68. The highest BCUT2D eigenvalue weighted by molar-refractivity contribution is 5.79. The van der Waals surface area contributed by atoms with E-state index in [0.717, 1.165) is 36.1 Å². The minimum atomic E-state index is -0.401. The lowest BCUT2D eigenvalue weighted by Gasteiger charge is -2.31. The maximum Gasteiger partial charge on any atom is 0.266 e. The van der Waals surface area contributed by atoms with Crippen molar-refractivity contribution < 1.29 is 4.79 Å². The highest BCUT2D eigenvalue weighted by atomic mass is 16.2. The monoisotopic (exact) mass is 467 g/mol. The number of aromatic nitrogens is 2. The Labute approximate surface area is 207 Å². The summed E-state index contributed by atoms with van der Waals surface area (Å²) in [5.74, 6) is 0.645. The quantitative estimate of drug-likeness (QED) is 0.269. The molecule has 0 N–H and O–H groups in total. The Morgan fingerprint density at radius 3 is 2.46 bits per heavy atom. The van der Waals surface area contributed by atoms with Crippen molar-refractivity contribution in [2.24, 2.45) is 0 Å². The van der Waals surface area contributed by atoms with Crippen LogP contribution in [0.4, 0.5) is 0 Å². The molecule has 0 saturated carbocycles. The number of carbonyl (C=O) groups is 1. The van der Waals surface area contributed by atoms with Crippen molar-refractivity contribution in [2.45, 2.75) is 59.0 Å². The van der Waals surface area contributed by atoms with E-state index in [1.165, 1.54) is 0 Å². The van der Waals surface area contributed by atoms with E-state index in [4.69, 9.17) is 4.98 Å². The molecule has 0 radical (unpaired) electrons. The summed E-state index contributed by atoms with van der Waals surface area (Å²) in [5, 5.41) is 0.564. The van der Waals surface area contributed by atoms with Crippen LogP contribution in [-0.2, 0) is 11.3 Å². The van der Waals surface area contributed by atoms with Gasteiger partial charge in [-0.2, -0.15) is 0 Å². The highest BCUT2D eigenvalue weighted by Gasteiger charge is 2.27.